The van der Waals surface area contributed by atoms with Gasteiger partial charge in [0.05, 0.1) is 14.9 Å². The molecule has 1 aliphatic rings. The van der Waals surface area contributed by atoms with Crippen LogP contribution >= 0.6 is 28.1 Å². The van der Waals surface area contributed by atoms with Crippen molar-refractivity contribution >= 4 is 39.0 Å². The topological polar surface area (TPSA) is 38.8 Å². The molecule has 0 bridgehead atoms. The highest BCUT2D eigenvalue weighted by atomic mass is 79.9. The summed E-state index contributed by atoms with van der Waals surface area (Å²) < 4.78 is 76.4. The lowest BCUT2D eigenvalue weighted by atomic mass is 9.75. The number of carbonyl (C=O) groups excluding carboxylic acids is 1. The van der Waals surface area contributed by atoms with Gasteiger partial charge in [0.25, 0.3) is 0 Å². The number of hydrogen-bond acceptors (Lipinski definition) is 4. The average Bonchev–Trinajstić information content (AvgIpc) is 2.68. The molecule has 0 aliphatic carbocycles. The molecule has 0 aromatic heterocycles. The molecule has 1 amide bonds. The molecule has 2 aromatic carbocycles. The second kappa shape index (κ2) is 7.70. The molecule has 166 valence electrons. The molecule has 1 atom stereocenters. The number of carbonyl (C=O) groups is 1. The minimum atomic E-state index is -4.92. The minimum Gasteiger partial charge on any atom is -0.421 e. The number of rotatable bonds is 3. The van der Waals surface area contributed by atoms with Crippen LogP contribution in [0.2, 0.25) is 0 Å². The van der Waals surface area contributed by atoms with E-state index in [2.05, 4.69) is 25.4 Å². The monoisotopic (exact) mass is 523 g/mol. The third kappa shape index (κ3) is 3.89. The number of alkyl halides is 4. The summed E-state index contributed by atoms with van der Waals surface area (Å²) in [5.74, 6) is -2.43. The van der Waals surface area contributed by atoms with Gasteiger partial charge in [-0.3, -0.25) is 4.79 Å². The van der Waals surface area contributed by atoms with Crippen LogP contribution in [0.25, 0.3) is 0 Å². The van der Waals surface area contributed by atoms with Crippen LogP contribution in [-0.2, 0) is 10.2 Å². The molecular formula is C20H15BrF5NO3S. The van der Waals surface area contributed by atoms with Crippen molar-refractivity contribution in [2.24, 2.45) is 0 Å². The molecule has 0 fully saturated rings. The highest BCUT2D eigenvalue weighted by Gasteiger charge is 2.66. The van der Waals surface area contributed by atoms with Gasteiger partial charge in [-0.15, -0.1) is 0 Å². The molecule has 31 heavy (non-hydrogen) atoms. The Labute approximate surface area is 188 Å². The molecule has 1 unspecified atom stereocenters. The zero-order chi connectivity index (χ0) is 23.4. The number of nitrogens with zero attached hydrogens (tertiary/aromatic N) is 1. The molecule has 2 aromatic rings. The number of likely N-dealkylation sites (N-methyl/N-ethyl adjacent to an activating group) is 1. The maximum Gasteiger partial charge on any atom is 0.507 e. The molecule has 0 spiro atoms. The summed E-state index contributed by atoms with van der Waals surface area (Å²) in [6.07, 6.45) is -9.78. The van der Waals surface area contributed by atoms with Crippen molar-refractivity contribution in [2.45, 2.75) is 31.5 Å². The van der Waals surface area contributed by atoms with Crippen molar-refractivity contribution in [1.82, 2.24) is 4.90 Å². The van der Waals surface area contributed by atoms with Crippen LogP contribution in [0, 0.1) is 5.82 Å². The number of fused-ring (bicyclic) bond motifs is 1. The number of thiocarbonyl (C=S) groups is 1. The van der Waals surface area contributed by atoms with Crippen molar-refractivity contribution in [3.05, 3.63) is 57.8 Å². The number of benzene rings is 2. The summed E-state index contributed by atoms with van der Waals surface area (Å²) in [4.78, 5) is 14.8. The lowest BCUT2D eigenvalue weighted by molar-refractivity contribution is -0.391. The van der Waals surface area contributed by atoms with Gasteiger partial charge in [-0.2, -0.15) is 17.6 Å². The van der Waals surface area contributed by atoms with Gasteiger partial charge >= 0.3 is 12.2 Å². The predicted molar refractivity (Wildman–Crippen MR) is 109 cm³/mol. The normalized spacial score (nSPS) is 18.1. The Kier molecular flexibility index (Phi) is 5.81. The fourth-order valence-corrected chi connectivity index (χ4v) is 3.54. The number of halogens is 6. The van der Waals surface area contributed by atoms with Gasteiger partial charge in [0.2, 0.25) is 5.91 Å². The molecule has 0 N–H and O–H groups in total. The van der Waals surface area contributed by atoms with Crippen LogP contribution in [0.3, 0.4) is 0 Å². The van der Waals surface area contributed by atoms with E-state index in [-0.39, 0.29) is 15.0 Å². The van der Waals surface area contributed by atoms with Crippen LogP contribution in [0.15, 0.2) is 40.9 Å². The first-order valence-corrected chi connectivity index (χ1v) is 9.93. The fourth-order valence-electron chi connectivity index (χ4n) is 3.08. The van der Waals surface area contributed by atoms with E-state index in [4.69, 9.17) is 12.2 Å². The van der Waals surface area contributed by atoms with E-state index in [1.165, 1.54) is 44.0 Å². The summed E-state index contributed by atoms with van der Waals surface area (Å²) in [5.41, 5.74) is -1.16. The molecule has 0 radical (unpaired) electrons. The van der Waals surface area contributed by atoms with Crippen molar-refractivity contribution in [3.63, 3.8) is 0 Å². The van der Waals surface area contributed by atoms with E-state index in [1.807, 2.05) is 0 Å². The summed E-state index contributed by atoms with van der Waals surface area (Å²) in [6.45, 7) is 2.99. The van der Waals surface area contributed by atoms with E-state index < -0.39 is 40.9 Å². The Morgan fingerprint density at radius 2 is 1.55 bits per heavy atom. The second-order valence-corrected chi connectivity index (χ2v) is 8.48. The highest BCUT2D eigenvalue weighted by Crippen LogP contribution is 2.48. The molecular weight excluding hydrogens is 509 g/mol. The Morgan fingerprint density at radius 3 is 2.10 bits per heavy atom. The fraction of sp³-hybridized carbons (Fsp3) is 0.300. The summed E-state index contributed by atoms with van der Waals surface area (Å²) >= 11 is 8.13. The molecule has 4 nitrogen and oxygen atoms in total. The van der Waals surface area contributed by atoms with Crippen LogP contribution in [0.5, 0.6) is 11.5 Å². The van der Waals surface area contributed by atoms with Gasteiger partial charge < -0.3 is 14.4 Å². The summed E-state index contributed by atoms with van der Waals surface area (Å²) in [7, 11) is 1.42. The maximum absolute atomic E-state index is 13.8. The molecule has 11 heteroatoms. The third-order valence-corrected chi connectivity index (χ3v) is 5.92. The number of ether oxygens (including phenoxy) is 2. The first-order valence-electron chi connectivity index (χ1n) is 8.73. The van der Waals surface area contributed by atoms with Gasteiger partial charge in [0.1, 0.15) is 5.82 Å². The minimum absolute atomic E-state index is 0.0643. The van der Waals surface area contributed by atoms with Gasteiger partial charge in [0, 0.05) is 7.05 Å². The quantitative estimate of drug-likeness (QED) is 0.384. The van der Waals surface area contributed by atoms with E-state index >= 15 is 0 Å². The first kappa shape index (κ1) is 23.4. The molecule has 0 saturated carbocycles. The lowest BCUT2D eigenvalue weighted by Crippen LogP contribution is -2.52. The Hall–Kier alpha value is -2.27. The van der Waals surface area contributed by atoms with E-state index in [1.54, 1.807) is 0 Å². The van der Waals surface area contributed by atoms with Crippen molar-refractivity contribution in [1.29, 1.82) is 0 Å². The smallest absolute Gasteiger partial charge is 0.421 e. The van der Waals surface area contributed by atoms with Gasteiger partial charge in [0.15, 0.2) is 11.5 Å². The van der Waals surface area contributed by atoms with Gasteiger partial charge in [-0.25, -0.2) is 4.39 Å². The average molecular weight is 524 g/mol. The van der Waals surface area contributed by atoms with Crippen LogP contribution in [0.1, 0.15) is 25.0 Å². The SMILES string of the molecule is CC(=S)N(C)C(=O)C(C)(c1ccc(F)c(Br)c1)c1ccc2c(c1)OC(F)(F)C(F)(F)O2. The van der Waals surface area contributed by atoms with E-state index in [9.17, 15) is 26.7 Å². The van der Waals surface area contributed by atoms with Gasteiger partial charge in [-0.1, -0.05) is 24.4 Å². The highest BCUT2D eigenvalue weighted by molar-refractivity contribution is 9.10. The van der Waals surface area contributed by atoms with E-state index in [0.29, 0.717) is 5.56 Å². The molecule has 0 saturated heterocycles. The van der Waals surface area contributed by atoms with Crippen LogP contribution < -0.4 is 9.47 Å². The predicted octanol–water partition coefficient (Wildman–Crippen LogP) is 5.66. The lowest BCUT2D eigenvalue weighted by Gasteiger charge is -2.36. The van der Waals surface area contributed by atoms with Gasteiger partial charge in [-0.05, 0) is 65.2 Å². The van der Waals surface area contributed by atoms with Crippen molar-refractivity contribution < 1.29 is 36.2 Å². The Balaban J connectivity index is 2.21. The molecule has 3 rings (SSSR count). The largest absolute Gasteiger partial charge is 0.507 e. The van der Waals surface area contributed by atoms with Crippen molar-refractivity contribution in [3.8, 4) is 11.5 Å². The second-order valence-electron chi connectivity index (χ2n) is 7.04. The first-order chi connectivity index (χ1) is 14.2. The third-order valence-electron chi connectivity index (χ3n) is 5.04. The summed E-state index contributed by atoms with van der Waals surface area (Å²) in [6, 6.07) is 7.12. The van der Waals surface area contributed by atoms with E-state index in [0.717, 1.165) is 18.2 Å². The Morgan fingerprint density at radius 1 is 1.03 bits per heavy atom. The summed E-state index contributed by atoms with van der Waals surface area (Å²) in [5, 5.41) is 0. The zero-order valence-electron chi connectivity index (χ0n) is 16.3. The van der Waals surface area contributed by atoms with Crippen molar-refractivity contribution in [2.75, 3.05) is 7.05 Å². The standard InChI is InChI=1S/C20H15BrF5NO3S/c1-10(31)27(3)17(28)18(2,11-4-6-14(22)13(21)8-11)12-5-7-15-16(9-12)30-20(25,26)19(23,24)29-15/h4-9H,1-3H3. The number of amides is 1. The van der Waals surface area contributed by atoms with Crippen LogP contribution in [0.4, 0.5) is 22.0 Å². The van der Waals surface area contributed by atoms with Crippen LogP contribution in [-0.4, -0.2) is 35.1 Å². The zero-order valence-corrected chi connectivity index (χ0v) is 18.7. The molecule has 1 aliphatic heterocycles. The Bertz CT molecular complexity index is 1080. The maximum atomic E-state index is 13.8. The molecule has 1 heterocycles. The number of hydrogen-bond donors (Lipinski definition) is 0.